The van der Waals surface area contributed by atoms with Crippen molar-refractivity contribution in [3.05, 3.63) is 35.9 Å². The number of halogens is 1. The molecule has 0 radical (unpaired) electrons. The van der Waals surface area contributed by atoms with E-state index >= 15 is 0 Å². The summed E-state index contributed by atoms with van der Waals surface area (Å²) in [6.07, 6.45) is -0.525. The number of alkyl carbamates (subject to hydrolysis) is 1. The summed E-state index contributed by atoms with van der Waals surface area (Å²) in [5.74, 6) is -3.06. The second kappa shape index (κ2) is 16.0. The number of guanidine groups is 1. The summed E-state index contributed by atoms with van der Waals surface area (Å²) in [6, 6.07) is 5.20. The molecule has 0 aromatic heterocycles. The molecule has 0 bridgehead atoms. The average molecular weight is 511 g/mol. The van der Waals surface area contributed by atoms with E-state index in [1.54, 1.807) is 38.1 Å². The predicted molar refractivity (Wildman–Crippen MR) is 130 cm³/mol. The molecule has 0 aliphatic heterocycles. The average Bonchev–Trinajstić information content (AvgIpc) is 2.85. The Morgan fingerprint density at radius 1 is 1.03 bits per heavy atom. The van der Waals surface area contributed by atoms with Gasteiger partial charge in [0.1, 0.15) is 25.4 Å². The van der Waals surface area contributed by atoms with E-state index in [4.69, 9.17) is 16.2 Å². The molecule has 1 rings (SSSR count). The van der Waals surface area contributed by atoms with E-state index in [1.807, 2.05) is 6.07 Å². The van der Waals surface area contributed by atoms with Gasteiger partial charge in [-0.25, -0.2) is 9.18 Å². The molecule has 12 nitrogen and oxygen atoms in total. The molecular weight excluding hydrogens is 475 g/mol. The van der Waals surface area contributed by atoms with Crippen LogP contribution in [0.1, 0.15) is 32.3 Å². The predicted octanol–water partition coefficient (Wildman–Crippen LogP) is -0.508. The van der Waals surface area contributed by atoms with Gasteiger partial charge in [-0.1, -0.05) is 44.2 Å². The van der Waals surface area contributed by atoms with E-state index in [9.17, 15) is 28.7 Å². The molecule has 0 saturated heterocycles. The molecule has 0 spiro atoms. The zero-order valence-electron chi connectivity index (χ0n) is 20.4. The molecule has 0 aliphatic rings. The molecule has 13 heteroatoms. The highest BCUT2D eigenvalue weighted by atomic mass is 19.1. The molecule has 3 atom stereocenters. The molecular formula is C23H35FN6O6. The molecule has 0 aliphatic carbocycles. The zero-order valence-corrected chi connectivity index (χ0v) is 20.4. The minimum absolute atomic E-state index is 0.00600. The largest absolute Gasteiger partial charge is 0.445 e. The first-order valence-electron chi connectivity index (χ1n) is 11.4. The number of nitrogens with one attached hydrogen (secondary N) is 3. The second-order valence-corrected chi connectivity index (χ2v) is 8.28. The first-order chi connectivity index (χ1) is 17.1. The van der Waals surface area contributed by atoms with Crippen LogP contribution in [-0.4, -0.2) is 72.7 Å². The number of aliphatic hydroxyl groups is 1. The molecule has 0 fully saturated rings. The van der Waals surface area contributed by atoms with Crippen LogP contribution in [-0.2, 0) is 25.7 Å². The lowest BCUT2D eigenvalue weighted by Gasteiger charge is -2.25. The highest BCUT2D eigenvalue weighted by Crippen LogP contribution is 2.06. The van der Waals surface area contributed by atoms with Crippen LogP contribution in [0.5, 0.6) is 0 Å². The third kappa shape index (κ3) is 11.1. The van der Waals surface area contributed by atoms with Gasteiger partial charge in [-0.15, -0.1) is 0 Å². The fourth-order valence-electron chi connectivity index (χ4n) is 3.06. The third-order valence-corrected chi connectivity index (χ3v) is 5.03. The van der Waals surface area contributed by atoms with E-state index in [-0.39, 0.29) is 32.0 Å². The van der Waals surface area contributed by atoms with Crippen molar-refractivity contribution >= 4 is 29.7 Å². The summed E-state index contributed by atoms with van der Waals surface area (Å²) in [7, 11) is 0. The molecule has 0 unspecified atom stereocenters. The van der Waals surface area contributed by atoms with E-state index in [0.29, 0.717) is 0 Å². The Hall–Kier alpha value is -3.74. The number of nitrogens with two attached hydrogens (primary N) is 2. The molecule has 1 aromatic carbocycles. The van der Waals surface area contributed by atoms with Gasteiger partial charge in [0, 0.05) is 6.54 Å². The van der Waals surface area contributed by atoms with E-state index in [0.717, 1.165) is 5.56 Å². The Labute approximate surface area is 209 Å². The van der Waals surface area contributed by atoms with Crippen molar-refractivity contribution in [2.24, 2.45) is 22.4 Å². The van der Waals surface area contributed by atoms with Crippen LogP contribution in [0.15, 0.2) is 35.3 Å². The normalized spacial score (nSPS) is 13.1. The Morgan fingerprint density at radius 3 is 2.22 bits per heavy atom. The number of hydrogen-bond donors (Lipinski definition) is 6. The highest BCUT2D eigenvalue weighted by Gasteiger charge is 2.30. The highest BCUT2D eigenvalue weighted by molar-refractivity contribution is 5.94. The third-order valence-electron chi connectivity index (χ3n) is 5.03. The number of carbonyl (C=O) groups is 4. The van der Waals surface area contributed by atoms with Crippen molar-refractivity contribution in [3.8, 4) is 0 Å². The number of nitrogens with zero attached hydrogens (tertiary/aromatic N) is 1. The number of ketones is 1. The van der Waals surface area contributed by atoms with E-state index in [1.165, 1.54) is 0 Å². The fraction of sp³-hybridized carbons (Fsp3) is 0.522. The number of carbonyl (C=O) groups excluding carboxylic acids is 4. The maximum Gasteiger partial charge on any atom is 0.408 e. The monoisotopic (exact) mass is 510 g/mol. The van der Waals surface area contributed by atoms with Gasteiger partial charge in [0.05, 0.1) is 12.6 Å². The SMILES string of the molecule is CC(C)[C@H](NC(=O)OCc1ccccc1)C(=O)N[C@@H](CO)C(=O)N[C@@H](CCCN=C(N)N)C(=O)CF. The van der Waals surface area contributed by atoms with Crippen molar-refractivity contribution in [3.63, 3.8) is 0 Å². The van der Waals surface area contributed by atoms with Crippen molar-refractivity contribution < 1.29 is 33.4 Å². The van der Waals surface area contributed by atoms with Crippen LogP contribution >= 0.6 is 0 Å². The van der Waals surface area contributed by atoms with Gasteiger partial charge in [0.2, 0.25) is 11.8 Å². The number of benzene rings is 1. The van der Waals surface area contributed by atoms with Gasteiger partial charge < -0.3 is 37.3 Å². The number of hydrogen-bond acceptors (Lipinski definition) is 7. The van der Waals surface area contributed by atoms with E-state index in [2.05, 4.69) is 20.9 Å². The summed E-state index contributed by atoms with van der Waals surface area (Å²) < 4.78 is 18.1. The van der Waals surface area contributed by atoms with Crippen molar-refractivity contribution in [2.45, 2.75) is 51.4 Å². The molecule has 8 N–H and O–H groups in total. The number of alkyl halides is 1. The van der Waals surface area contributed by atoms with Gasteiger partial charge in [-0.05, 0) is 24.3 Å². The molecule has 200 valence electrons. The molecule has 0 heterocycles. The van der Waals surface area contributed by atoms with Crippen molar-refractivity contribution in [1.29, 1.82) is 0 Å². The minimum Gasteiger partial charge on any atom is -0.445 e. The lowest BCUT2D eigenvalue weighted by molar-refractivity contribution is -0.133. The Kier molecular flexibility index (Phi) is 13.5. The standard InChI is InChI=1S/C23H35FN6O6/c1-14(2)19(30-23(35)36-13-15-7-4-3-5-8-15)21(34)29-17(12-31)20(33)28-16(18(32)11-24)9-6-10-27-22(25)26/h3-5,7-8,14,16-17,19,31H,6,9-13H2,1-2H3,(H,28,33)(H,29,34)(H,30,35)(H4,25,26,27)/t16-,17-,19-/m0/s1. The maximum absolute atomic E-state index is 13.0. The molecule has 1 aromatic rings. The summed E-state index contributed by atoms with van der Waals surface area (Å²) in [5, 5.41) is 16.8. The molecule has 36 heavy (non-hydrogen) atoms. The first kappa shape index (κ1) is 30.3. The molecule has 3 amide bonds. The first-order valence-corrected chi connectivity index (χ1v) is 11.4. The lowest BCUT2D eigenvalue weighted by Crippen LogP contribution is -2.58. The van der Waals surface area contributed by atoms with Crippen LogP contribution in [0.25, 0.3) is 0 Å². The number of amides is 3. The van der Waals surface area contributed by atoms with Crippen molar-refractivity contribution in [1.82, 2.24) is 16.0 Å². The smallest absolute Gasteiger partial charge is 0.408 e. The van der Waals surface area contributed by atoms with Crippen molar-refractivity contribution in [2.75, 3.05) is 19.8 Å². The summed E-state index contributed by atoms with van der Waals surface area (Å²) in [6.45, 7) is 1.38. The lowest BCUT2D eigenvalue weighted by atomic mass is 10.0. The summed E-state index contributed by atoms with van der Waals surface area (Å²) in [5.41, 5.74) is 11.2. The second-order valence-electron chi connectivity index (χ2n) is 8.28. The summed E-state index contributed by atoms with van der Waals surface area (Å²) >= 11 is 0. The minimum atomic E-state index is -1.45. The maximum atomic E-state index is 13.0. The molecule has 0 saturated carbocycles. The Bertz CT molecular complexity index is 894. The zero-order chi connectivity index (χ0) is 27.1. The van der Waals surface area contributed by atoms with Gasteiger partial charge in [0.25, 0.3) is 0 Å². The Balaban J connectivity index is 2.73. The number of ether oxygens (including phenoxy) is 1. The van der Waals surface area contributed by atoms with Crippen LogP contribution in [0, 0.1) is 5.92 Å². The van der Waals surface area contributed by atoms with Crippen LogP contribution in [0.2, 0.25) is 0 Å². The summed E-state index contributed by atoms with van der Waals surface area (Å²) in [4.78, 5) is 53.3. The number of aliphatic imine (C=N–C) groups is 1. The quantitative estimate of drug-likeness (QED) is 0.103. The van der Waals surface area contributed by atoms with Gasteiger partial charge in [0.15, 0.2) is 11.7 Å². The number of Topliss-reactive ketones (excluding diaryl/α,β-unsaturated/α-hetero) is 1. The van der Waals surface area contributed by atoms with Crippen LogP contribution < -0.4 is 27.4 Å². The van der Waals surface area contributed by atoms with Gasteiger partial charge in [-0.2, -0.15) is 0 Å². The number of rotatable bonds is 15. The topological polar surface area (TPSA) is 198 Å². The fourth-order valence-corrected chi connectivity index (χ4v) is 3.06. The van der Waals surface area contributed by atoms with Crippen LogP contribution in [0.3, 0.4) is 0 Å². The number of aliphatic hydroxyl groups excluding tert-OH is 1. The van der Waals surface area contributed by atoms with Crippen LogP contribution in [0.4, 0.5) is 9.18 Å². The Morgan fingerprint density at radius 2 is 1.67 bits per heavy atom. The van der Waals surface area contributed by atoms with E-state index < -0.39 is 61.0 Å². The van der Waals surface area contributed by atoms with Gasteiger partial charge in [-0.3, -0.25) is 19.4 Å². The van der Waals surface area contributed by atoms with Gasteiger partial charge >= 0.3 is 6.09 Å².